The van der Waals surface area contributed by atoms with E-state index in [1.165, 1.54) is 7.11 Å². The number of anilines is 1. The molecule has 0 spiro atoms. The predicted octanol–water partition coefficient (Wildman–Crippen LogP) is 1.47. The van der Waals surface area contributed by atoms with Gasteiger partial charge in [0.2, 0.25) is 0 Å². The molecular weight excluding hydrogens is 280 g/mol. The van der Waals surface area contributed by atoms with Gasteiger partial charge in [0.1, 0.15) is 5.75 Å². The number of nitrogens with zero attached hydrogens (tertiary/aromatic N) is 1. The van der Waals surface area contributed by atoms with Crippen molar-refractivity contribution < 1.29 is 9.53 Å². The summed E-state index contributed by atoms with van der Waals surface area (Å²) in [7, 11) is 1.51. The summed E-state index contributed by atoms with van der Waals surface area (Å²) in [5.74, 6) is 0.912. The summed E-state index contributed by atoms with van der Waals surface area (Å²) in [6.45, 7) is 3.92. The predicted molar refractivity (Wildman–Crippen MR) is 79.9 cm³/mol. The fourth-order valence-electron chi connectivity index (χ4n) is 1.86. The molecule has 1 aromatic carbocycles. The van der Waals surface area contributed by atoms with Crippen LogP contribution in [-0.4, -0.2) is 38.6 Å². The molecule has 2 rings (SSSR count). The SMILES string of the molecule is CCNC(=O)c1cc(Cl)c(NC2=NCCN2)cc1OC. The first-order valence-corrected chi connectivity index (χ1v) is 6.74. The van der Waals surface area contributed by atoms with Gasteiger partial charge in [-0.2, -0.15) is 0 Å². The minimum Gasteiger partial charge on any atom is -0.496 e. The van der Waals surface area contributed by atoms with Crippen molar-refractivity contribution in [3.63, 3.8) is 0 Å². The van der Waals surface area contributed by atoms with Crippen LogP contribution in [0.1, 0.15) is 17.3 Å². The Morgan fingerprint density at radius 2 is 2.35 bits per heavy atom. The molecule has 20 heavy (non-hydrogen) atoms. The highest BCUT2D eigenvalue weighted by atomic mass is 35.5. The Morgan fingerprint density at radius 3 is 2.95 bits per heavy atom. The van der Waals surface area contributed by atoms with Gasteiger partial charge in [0.05, 0.1) is 29.9 Å². The largest absolute Gasteiger partial charge is 0.496 e. The van der Waals surface area contributed by atoms with Gasteiger partial charge in [-0.1, -0.05) is 11.6 Å². The van der Waals surface area contributed by atoms with Crippen LogP contribution in [0.25, 0.3) is 0 Å². The molecule has 1 heterocycles. The van der Waals surface area contributed by atoms with E-state index >= 15 is 0 Å². The molecule has 0 saturated carbocycles. The maximum Gasteiger partial charge on any atom is 0.255 e. The third-order valence-electron chi connectivity index (χ3n) is 2.80. The molecule has 0 aliphatic carbocycles. The van der Waals surface area contributed by atoms with Gasteiger partial charge in [0, 0.05) is 19.2 Å². The Morgan fingerprint density at radius 1 is 1.55 bits per heavy atom. The van der Waals surface area contributed by atoms with Crippen LogP contribution in [0.5, 0.6) is 5.75 Å². The van der Waals surface area contributed by atoms with Crippen LogP contribution in [-0.2, 0) is 0 Å². The van der Waals surface area contributed by atoms with Crippen LogP contribution in [0, 0.1) is 0 Å². The molecule has 0 unspecified atom stereocenters. The van der Waals surface area contributed by atoms with E-state index in [-0.39, 0.29) is 5.91 Å². The lowest BCUT2D eigenvalue weighted by molar-refractivity contribution is 0.0953. The van der Waals surface area contributed by atoms with Gasteiger partial charge in [-0.25, -0.2) is 0 Å². The van der Waals surface area contributed by atoms with Crippen molar-refractivity contribution >= 4 is 29.2 Å². The summed E-state index contributed by atoms with van der Waals surface area (Å²) in [5, 5.41) is 9.32. The molecule has 1 aliphatic heterocycles. The normalized spacial score (nSPS) is 13.4. The number of hydrogen-bond donors (Lipinski definition) is 3. The molecule has 1 aliphatic rings. The lowest BCUT2D eigenvalue weighted by Gasteiger charge is -2.14. The number of rotatable bonds is 4. The summed E-state index contributed by atoms with van der Waals surface area (Å²) in [5.41, 5.74) is 1.05. The van der Waals surface area contributed by atoms with Gasteiger partial charge in [0.15, 0.2) is 5.96 Å². The second kappa shape index (κ2) is 6.47. The van der Waals surface area contributed by atoms with E-state index in [2.05, 4.69) is 20.9 Å². The smallest absolute Gasteiger partial charge is 0.255 e. The minimum absolute atomic E-state index is 0.214. The summed E-state index contributed by atoms with van der Waals surface area (Å²) < 4.78 is 5.25. The molecule has 7 heteroatoms. The van der Waals surface area contributed by atoms with Crippen molar-refractivity contribution in [2.24, 2.45) is 4.99 Å². The zero-order valence-corrected chi connectivity index (χ0v) is 12.2. The van der Waals surface area contributed by atoms with E-state index in [4.69, 9.17) is 16.3 Å². The van der Waals surface area contributed by atoms with E-state index in [0.717, 1.165) is 13.1 Å². The first-order chi connectivity index (χ1) is 9.65. The number of methoxy groups -OCH3 is 1. The maximum absolute atomic E-state index is 11.9. The topological polar surface area (TPSA) is 74.8 Å². The van der Waals surface area contributed by atoms with E-state index < -0.39 is 0 Å². The number of amides is 1. The van der Waals surface area contributed by atoms with Gasteiger partial charge >= 0.3 is 0 Å². The number of nitrogens with one attached hydrogen (secondary N) is 3. The van der Waals surface area contributed by atoms with Crippen molar-refractivity contribution in [3.05, 3.63) is 22.7 Å². The average Bonchev–Trinajstić information content (AvgIpc) is 2.93. The quantitative estimate of drug-likeness (QED) is 0.786. The fraction of sp³-hybridized carbons (Fsp3) is 0.385. The molecule has 0 aromatic heterocycles. The number of benzene rings is 1. The Bertz CT molecular complexity index is 545. The van der Waals surface area contributed by atoms with E-state index in [9.17, 15) is 4.79 Å². The second-order valence-electron chi connectivity index (χ2n) is 4.17. The molecule has 3 N–H and O–H groups in total. The van der Waals surface area contributed by atoms with Gasteiger partial charge < -0.3 is 20.7 Å². The number of guanidine groups is 1. The third-order valence-corrected chi connectivity index (χ3v) is 3.11. The van der Waals surface area contributed by atoms with Crippen LogP contribution < -0.4 is 20.7 Å². The Kier molecular flexibility index (Phi) is 4.68. The highest BCUT2D eigenvalue weighted by Crippen LogP contribution is 2.31. The molecule has 0 atom stereocenters. The number of aliphatic imine (C=N–C) groups is 1. The van der Waals surface area contributed by atoms with Crippen molar-refractivity contribution in [2.45, 2.75) is 6.92 Å². The number of ether oxygens (including phenoxy) is 1. The summed E-state index contributed by atoms with van der Waals surface area (Å²) >= 11 is 6.20. The van der Waals surface area contributed by atoms with E-state index in [1.54, 1.807) is 12.1 Å². The first-order valence-electron chi connectivity index (χ1n) is 6.36. The summed E-state index contributed by atoms with van der Waals surface area (Å²) in [6.07, 6.45) is 0. The van der Waals surface area contributed by atoms with Gasteiger partial charge in [-0.05, 0) is 13.0 Å². The van der Waals surface area contributed by atoms with Gasteiger partial charge in [-0.15, -0.1) is 0 Å². The standard InChI is InChI=1S/C13H17ClN4O2/c1-3-15-12(19)8-6-9(14)10(7-11(8)20-2)18-13-16-4-5-17-13/h6-7H,3-5H2,1-2H3,(H,15,19)(H2,16,17,18). The van der Waals surface area contributed by atoms with Crippen LogP contribution in [0.3, 0.4) is 0 Å². The Balaban J connectivity index is 2.29. The van der Waals surface area contributed by atoms with Crippen molar-refractivity contribution in [3.8, 4) is 5.75 Å². The van der Waals surface area contributed by atoms with Gasteiger partial charge in [-0.3, -0.25) is 9.79 Å². The van der Waals surface area contributed by atoms with Crippen molar-refractivity contribution in [2.75, 3.05) is 32.1 Å². The summed E-state index contributed by atoms with van der Waals surface area (Å²) in [6, 6.07) is 3.28. The second-order valence-corrected chi connectivity index (χ2v) is 4.58. The zero-order valence-electron chi connectivity index (χ0n) is 11.4. The minimum atomic E-state index is -0.214. The molecule has 1 aromatic rings. The molecule has 0 saturated heterocycles. The molecule has 6 nitrogen and oxygen atoms in total. The molecule has 0 radical (unpaired) electrons. The van der Waals surface area contributed by atoms with Crippen LogP contribution in [0.4, 0.5) is 5.69 Å². The van der Waals surface area contributed by atoms with Crippen LogP contribution >= 0.6 is 11.6 Å². The van der Waals surface area contributed by atoms with E-state index in [1.807, 2.05) is 6.92 Å². The number of hydrogen-bond acceptors (Lipinski definition) is 5. The monoisotopic (exact) mass is 296 g/mol. The molecule has 108 valence electrons. The lowest BCUT2D eigenvalue weighted by atomic mass is 10.1. The molecule has 0 fully saturated rings. The summed E-state index contributed by atoms with van der Waals surface area (Å²) in [4.78, 5) is 16.2. The molecular formula is C13H17ClN4O2. The van der Waals surface area contributed by atoms with E-state index in [0.29, 0.717) is 34.5 Å². The maximum atomic E-state index is 11.9. The van der Waals surface area contributed by atoms with Crippen molar-refractivity contribution in [1.29, 1.82) is 0 Å². The highest BCUT2D eigenvalue weighted by molar-refractivity contribution is 6.34. The number of carbonyl (C=O) groups excluding carboxylic acids is 1. The van der Waals surface area contributed by atoms with Crippen LogP contribution in [0.2, 0.25) is 5.02 Å². The number of halogens is 1. The Hall–Kier alpha value is -1.95. The third kappa shape index (κ3) is 3.14. The molecule has 1 amide bonds. The highest BCUT2D eigenvalue weighted by Gasteiger charge is 2.16. The average molecular weight is 297 g/mol. The van der Waals surface area contributed by atoms with Crippen molar-refractivity contribution in [1.82, 2.24) is 10.6 Å². The van der Waals surface area contributed by atoms with Gasteiger partial charge in [0.25, 0.3) is 5.91 Å². The fourth-order valence-corrected chi connectivity index (χ4v) is 2.07. The first kappa shape index (κ1) is 14.5. The number of carbonyl (C=O) groups is 1. The lowest BCUT2D eigenvalue weighted by Crippen LogP contribution is -2.26. The Labute approximate surface area is 122 Å². The van der Waals surface area contributed by atoms with Crippen LogP contribution in [0.15, 0.2) is 17.1 Å². The zero-order chi connectivity index (χ0) is 14.5. The molecule has 0 bridgehead atoms.